The summed E-state index contributed by atoms with van der Waals surface area (Å²) in [5, 5.41) is 19.6. The van der Waals surface area contributed by atoms with Crippen molar-refractivity contribution < 1.29 is 34.1 Å². The molecule has 1 aliphatic carbocycles. The third-order valence-electron chi connectivity index (χ3n) is 5.72. The number of ketones is 2. The molecule has 1 fully saturated rings. The zero-order valence-electron chi connectivity index (χ0n) is 19.0. The number of allylic oxidation sites excluding steroid dienone is 3. The van der Waals surface area contributed by atoms with Gasteiger partial charge in [0.15, 0.2) is 6.61 Å². The van der Waals surface area contributed by atoms with E-state index in [9.17, 15) is 24.6 Å². The molecule has 0 bridgehead atoms. The first kappa shape index (κ1) is 27.2. The third-order valence-corrected chi connectivity index (χ3v) is 5.72. The molecule has 2 N–H and O–H groups in total. The molecule has 7 nitrogen and oxygen atoms in total. The van der Waals surface area contributed by atoms with Gasteiger partial charge >= 0.3 is 5.97 Å². The summed E-state index contributed by atoms with van der Waals surface area (Å²) in [6.07, 6.45) is 14.3. The van der Waals surface area contributed by atoms with Crippen LogP contribution in [0.2, 0.25) is 0 Å². The van der Waals surface area contributed by atoms with Crippen molar-refractivity contribution in [1.29, 1.82) is 0 Å². The molecule has 0 aromatic rings. The SMILES string of the molecule is CCCCC(CC=C[C@H]1CCC(=O)[C@@H]1CC=CCCC(O)(O)C(=O)COC(C)=O)OC. The lowest BCUT2D eigenvalue weighted by Gasteiger charge is -2.19. The van der Waals surface area contributed by atoms with Crippen LogP contribution in [0.1, 0.15) is 71.6 Å². The van der Waals surface area contributed by atoms with Gasteiger partial charge in [-0.05, 0) is 38.0 Å². The minimum atomic E-state index is -2.54. The molecule has 7 heteroatoms. The topological polar surface area (TPSA) is 110 Å². The lowest BCUT2D eigenvalue weighted by atomic mass is 9.91. The number of carbonyl (C=O) groups excluding carboxylic acids is 3. The molecule has 0 aliphatic heterocycles. The molecule has 0 amide bonds. The fourth-order valence-electron chi connectivity index (χ4n) is 3.71. The van der Waals surface area contributed by atoms with E-state index < -0.39 is 24.1 Å². The van der Waals surface area contributed by atoms with Crippen LogP contribution in [-0.2, 0) is 23.9 Å². The number of hydrogen-bond donors (Lipinski definition) is 2. The van der Waals surface area contributed by atoms with Gasteiger partial charge in [0.2, 0.25) is 11.6 Å². The van der Waals surface area contributed by atoms with Gasteiger partial charge in [-0.15, -0.1) is 0 Å². The van der Waals surface area contributed by atoms with Crippen LogP contribution in [0.25, 0.3) is 0 Å². The molecule has 1 rings (SSSR count). The van der Waals surface area contributed by atoms with E-state index >= 15 is 0 Å². The molecular weight excluding hydrogens is 400 g/mol. The minimum absolute atomic E-state index is 0.0669. The van der Waals surface area contributed by atoms with Gasteiger partial charge in [0, 0.05) is 32.8 Å². The summed E-state index contributed by atoms with van der Waals surface area (Å²) < 4.78 is 10.0. The monoisotopic (exact) mass is 438 g/mol. The number of unbranched alkanes of at least 4 members (excludes halogenated alkanes) is 1. The lowest BCUT2D eigenvalue weighted by Crippen LogP contribution is -2.41. The Labute approximate surface area is 185 Å². The Morgan fingerprint density at radius 1 is 1.26 bits per heavy atom. The van der Waals surface area contributed by atoms with Gasteiger partial charge in [-0.3, -0.25) is 14.4 Å². The molecule has 0 radical (unpaired) electrons. The number of rotatable bonds is 15. The van der Waals surface area contributed by atoms with E-state index in [1.165, 1.54) is 0 Å². The Kier molecular flexibility index (Phi) is 12.5. The van der Waals surface area contributed by atoms with E-state index in [-0.39, 0.29) is 36.6 Å². The number of methoxy groups -OCH3 is 1. The molecule has 1 saturated carbocycles. The highest BCUT2D eigenvalue weighted by Gasteiger charge is 2.33. The fraction of sp³-hybridized carbons (Fsp3) is 0.708. The number of ether oxygens (including phenoxy) is 2. The first-order chi connectivity index (χ1) is 14.7. The summed E-state index contributed by atoms with van der Waals surface area (Å²) in [4.78, 5) is 34.7. The van der Waals surface area contributed by atoms with Crippen molar-refractivity contribution in [3.63, 3.8) is 0 Å². The van der Waals surface area contributed by atoms with Gasteiger partial charge in [-0.1, -0.05) is 44.1 Å². The number of carbonyl (C=O) groups is 3. The highest BCUT2D eigenvalue weighted by Crippen LogP contribution is 2.33. The smallest absolute Gasteiger partial charge is 0.303 e. The maximum Gasteiger partial charge on any atom is 0.303 e. The summed E-state index contributed by atoms with van der Waals surface area (Å²) in [6, 6.07) is 0. The van der Waals surface area contributed by atoms with E-state index in [1.807, 2.05) is 6.08 Å². The molecule has 0 aromatic carbocycles. The van der Waals surface area contributed by atoms with Crippen molar-refractivity contribution in [3.05, 3.63) is 24.3 Å². The molecule has 0 saturated heterocycles. The normalized spacial score (nSPS) is 20.6. The van der Waals surface area contributed by atoms with Crippen molar-refractivity contribution in [1.82, 2.24) is 0 Å². The summed E-state index contributed by atoms with van der Waals surface area (Å²) in [5.41, 5.74) is 0. The second kappa shape index (κ2) is 14.3. The lowest BCUT2D eigenvalue weighted by molar-refractivity contribution is -0.189. The van der Waals surface area contributed by atoms with E-state index in [0.717, 1.165) is 39.0 Å². The van der Waals surface area contributed by atoms with Crippen LogP contribution >= 0.6 is 0 Å². The van der Waals surface area contributed by atoms with E-state index in [0.29, 0.717) is 12.8 Å². The molecular formula is C24H38O7. The zero-order valence-corrected chi connectivity index (χ0v) is 19.0. The number of Topliss-reactive ketones (excluding diaryl/α,β-unsaturated/α-hetero) is 2. The molecule has 3 atom stereocenters. The van der Waals surface area contributed by atoms with Crippen LogP contribution in [0.5, 0.6) is 0 Å². The van der Waals surface area contributed by atoms with Gasteiger partial charge in [0.1, 0.15) is 5.78 Å². The van der Waals surface area contributed by atoms with Crippen LogP contribution in [0.15, 0.2) is 24.3 Å². The van der Waals surface area contributed by atoms with Crippen LogP contribution < -0.4 is 0 Å². The average molecular weight is 439 g/mol. The summed E-state index contributed by atoms with van der Waals surface area (Å²) in [5.74, 6) is -3.76. The Balaban J connectivity index is 2.46. The van der Waals surface area contributed by atoms with Crippen molar-refractivity contribution in [3.8, 4) is 0 Å². The Hall–Kier alpha value is -1.83. The highest BCUT2D eigenvalue weighted by atomic mass is 16.5. The van der Waals surface area contributed by atoms with E-state index in [2.05, 4.69) is 23.8 Å². The predicted octanol–water partition coefficient (Wildman–Crippen LogP) is 3.27. The molecule has 0 spiro atoms. The Morgan fingerprint density at radius 3 is 2.65 bits per heavy atom. The van der Waals surface area contributed by atoms with Crippen LogP contribution in [0.4, 0.5) is 0 Å². The van der Waals surface area contributed by atoms with Gasteiger partial charge < -0.3 is 19.7 Å². The summed E-state index contributed by atoms with van der Waals surface area (Å²) in [7, 11) is 1.73. The molecule has 0 aromatic heterocycles. The maximum atomic E-state index is 12.3. The predicted molar refractivity (Wildman–Crippen MR) is 117 cm³/mol. The summed E-state index contributed by atoms with van der Waals surface area (Å²) in [6.45, 7) is 2.63. The molecule has 31 heavy (non-hydrogen) atoms. The third kappa shape index (κ3) is 10.4. The van der Waals surface area contributed by atoms with Gasteiger partial charge in [0.25, 0.3) is 0 Å². The number of hydrogen-bond acceptors (Lipinski definition) is 7. The Bertz CT molecular complexity index is 636. The van der Waals surface area contributed by atoms with E-state index in [1.54, 1.807) is 13.2 Å². The van der Waals surface area contributed by atoms with Crippen molar-refractivity contribution >= 4 is 17.5 Å². The second-order valence-corrected chi connectivity index (χ2v) is 8.20. The highest BCUT2D eigenvalue weighted by molar-refractivity contribution is 5.87. The minimum Gasteiger partial charge on any atom is -0.458 e. The first-order valence-corrected chi connectivity index (χ1v) is 11.2. The van der Waals surface area contributed by atoms with Crippen LogP contribution in [-0.4, -0.2) is 53.4 Å². The maximum absolute atomic E-state index is 12.3. The average Bonchev–Trinajstić information content (AvgIpc) is 3.07. The number of esters is 1. The first-order valence-electron chi connectivity index (χ1n) is 11.2. The fourth-order valence-corrected chi connectivity index (χ4v) is 3.71. The molecule has 1 unspecified atom stereocenters. The van der Waals surface area contributed by atoms with Gasteiger partial charge in [-0.25, -0.2) is 0 Å². The van der Waals surface area contributed by atoms with Gasteiger partial charge in [-0.2, -0.15) is 0 Å². The second-order valence-electron chi connectivity index (χ2n) is 8.20. The molecule has 176 valence electrons. The molecule has 1 aliphatic rings. The van der Waals surface area contributed by atoms with Crippen molar-refractivity contribution in [2.45, 2.75) is 83.5 Å². The van der Waals surface area contributed by atoms with Crippen LogP contribution in [0.3, 0.4) is 0 Å². The Morgan fingerprint density at radius 2 is 2.00 bits per heavy atom. The standard InChI is InChI=1S/C24H38O7/c1-4-5-11-20(30-3)12-9-10-19-14-15-22(26)21(19)13-7-6-8-16-24(28,29)23(27)17-31-18(2)25/h6-7,9-10,19-21,28-29H,4-5,8,11-17H2,1-3H3/t19-,20?,21+/m0/s1. The van der Waals surface area contributed by atoms with Gasteiger partial charge in [0.05, 0.1) is 6.10 Å². The summed E-state index contributed by atoms with van der Waals surface area (Å²) >= 11 is 0. The number of aliphatic hydroxyl groups is 2. The zero-order chi connectivity index (χ0) is 23.3. The van der Waals surface area contributed by atoms with Crippen LogP contribution in [0, 0.1) is 11.8 Å². The van der Waals surface area contributed by atoms with E-state index in [4.69, 9.17) is 4.74 Å². The quantitative estimate of drug-likeness (QED) is 0.229. The van der Waals surface area contributed by atoms with Crippen molar-refractivity contribution in [2.75, 3.05) is 13.7 Å². The van der Waals surface area contributed by atoms with Crippen molar-refractivity contribution in [2.24, 2.45) is 11.8 Å². The largest absolute Gasteiger partial charge is 0.458 e. The molecule has 0 heterocycles.